The van der Waals surface area contributed by atoms with Crippen molar-refractivity contribution in [3.8, 4) is 0 Å². The number of hydrogen-bond acceptors (Lipinski definition) is 3. The molecule has 0 heterocycles. The predicted octanol–water partition coefficient (Wildman–Crippen LogP) is -0.0452. The Morgan fingerprint density at radius 1 is 1.09 bits per heavy atom. The van der Waals surface area contributed by atoms with Crippen molar-refractivity contribution in [3.05, 3.63) is 0 Å². The van der Waals surface area contributed by atoms with Crippen molar-refractivity contribution in [2.24, 2.45) is 0 Å². The molecular formula is C8H20N2O. The second kappa shape index (κ2) is 6.58. The average molecular weight is 160 g/mol. The van der Waals surface area contributed by atoms with Gasteiger partial charge in [-0.15, -0.1) is 0 Å². The highest BCUT2D eigenvalue weighted by molar-refractivity contribution is 4.60. The summed E-state index contributed by atoms with van der Waals surface area (Å²) in [6.07, 6.45) is 0. The second-order valence-electron chi connectivity index (χ2n) is 3.15. The van der Waals surface area contributed by atoms with Gasteiger partial charge in [-0.3, -0.25) is 0 Å². The maximum absolute atomic E-state index is 8.66. The van der Waals surface area contributed by atoms with Crippen LogP contribution in [0.4, 0.5) is 0 Å². The first kappa shape index (κ1) is 10.9. The van der Waals surface area contributed by atoms with E-state index in [0.29, 0.717) is 6.04 Å². The molecule has 0 aromatic rings. The Morgan fingerprint density at radius 2 is 1.64 bits per heavy atom. The smallest absolute Gasteiger partial charge is 0.0581 e. The molecule has 0 aliphatic rings. The van der Waals surface area contributed by atoms with Crippen molar-refractivity contribution in [1.82, 2.24) is 10.6 Å². The summed E-state index contributed by atoms with van der Waals surface area (Å²) in [5, 5.41) is 15.1. The zero-order chi connectivity index (χ0) is 8.69. The Hall–Kier alpha value is -0.120. The van der Waals surface area contributed by atoms with E-state index in [1.165, 1.54) is 0 Å². The van der Waals surface area contributed by atoms with Crippen LogP contribution in [0.1, 0.15) is 20.8 Å². The van der Waals surface area contributed by atoms with Crippen molar-refractivity contribution in [2.75, 3.05) is 19.7 Å². The minimum absolute atomic E-state index is 0.210. The Balaban J connectivity index is 3.01. The molecule has 68 valence electrons. The van der Waals surface area contributed by atoms with Crippen LogP contribution in [0.5, 0.6) is 0 Å². The molecule has 0 rings (SSSR count). The second-order valence-corrected chi connectivity index (χ2v) is 3.15. The van der Waals surface area contributed by atoms with Gasteiger partial charge in [0.1, 0.15) is 0 Å². The summed E-state index contributed by atoms with van der Waals surface area (Å²) in [4.78, 5) is 0. The third-order valence-electron chi connectivity index (χ3n) is 1.44. The van der Waals surface area contributed by atoms with Gasteiger partial charge in [0.15, 0.2) is 0 Å². The van der Waals surface area contributed by atoms with Gasteiger partial charge in [0.2, 0.25) is 0 Å². The third-order valence-corrected chi connectivity index (χ3v) is 1.44. The quantitative estimate of drug-likeness (QED) is 0.478. The molecule has 3 N–H and O–H groups in total. The molecule has 0 bridgehead atoms. The summed E-state index contributed by atoms with van der Waals surface area (Å²) < 4.78 is 0. The van der Waals surface area contributed by atoms with Gasteiger partial charge >= 0.3 is 0 Å². The fourth-order valence-corrected chi connectivity index (χ4v) is 0.744. The van der Waals surface area contributed by atoms with Crippen molar-refractivity contribution in [1.29, 1.82) is 0 Å². The molecule has 0 aliphatic heterocycles. The van der Waals surface area contributed by atoms with E-state index >= 15 is 0 Å². The summed E-state index contributed by atoms with van der Waals surface area (Å²) in [7, 11) is 0. The number of rotatable bonds is 6. The summed E-state index contributed by atoms with van der Waals surface area (Å²) in [5.41, 5.74) is 0. The van der Waals surface area contributed by atoms with Crippen LogP contribution in [0, 0.1) is 0 Å². The normalized spacial score (nSPS) is 13.9. The maximum Gasteiger partial charge on any atom is 0.0581 e. The molecule has 0 saturated carbocycles. The lowest BCUT2D eigenvalue weighted by molar-refractivity contribution is 0.251. The lowest BCUT2D eigenvalue weighted by Crippen LogP contribution is -2.37. The van der Waals surface area contributed by atoms with Crippen LogP contribution < -0.4 is 10.6 Å². The fraction of sp³-hybridized carbons (Fsp3) is 1.00. The van der Waals surface area contributed by atoms with E-state index in [1.807, 2.05) is 6.92 Å². The van der Waals surface area contributed by atoms with Crippen LogP contribution in [0.25, 0.3) is 0 Å². The number of hydrogen-bond donors (Lipinski definition) is 3. The summed E-state index contributed by atoms with van der Waals surface area (Å²) >= 11 is 0. The summed E-state index contributed by atoms with van der Waals surface area (Å²) in [6, 6.07) is 0.755. The molecule has 0 unspecified atom stereocenters. The van der Waals surface area contributed by atoms with Gasteiger partial charge in [0.05, 0.1) is 6.61 Å². The van der Waals surface area contributed by atoms with Crippen LogP contribution in [0.2, 0.25) is 0 Å². The monoisotopic (exact) mass is 160 g/mol. The minimum atomic E-state index is 0.210. The average Bonchev–Trinajstić information content (AvgIpc) is 1.97. The van der Waals surface area contributed by atoms with Crippen LogP contribution >= 0.6 is 0 Å². The lowest BCUT2D eigenvalue weighted by Gasteiger charge is -2.12. The van der Waals surface area contributed by atoms with E-state index in [9.17, 15) is 0 Å². The van der Waals surface area contributed by atoms with Gasteiger partial charge in [-0.25, -0.2) is 0 Å². The fourth-order valence-electron chi connectivity index (χ4n) is 0.744. The van der Waals surface area contributed by atoms with Crippen LogP contribution in [0.3, 0.4) is 0 Å². The Morgan fingerprint density at radius 3 is 2.09 bits per heavy atom. The van der Waals surface area contributed by atoms with E-state index in [2.05, 4.69) is 24.5 Å². The van der Waals surface area contributed by atoms with Gasteiger partial charge < -0.3 is 15.7 Å². The van der Waals surface area contributed by atoms with Gasteiger partial charge in [-0.05, 0) is 6.92 Å². The number of aliphatic hydroxyl groups excluding tert-OH is 1. The molecular weight excluding hydrogens is 140 g/mol. The summed E-state index contributed by atoms with van der Waals surface area (Å²) in [6.45, 7) is 8.30. The molecule has 11 heavy (non-hydrogen) atoms. The zero-order valence-corrected chi connectivity index (χ0v) is 7.72. The Bertz CT molecular complexity index is 86.2. The van der Waals surface area contributed by atoms with Crippen molar-refractivity contribution >= 4 is 0 Å². The molecule has 1 atom stereocenters. The van der Waals surface area contributed by atoms with Crippen LogP contribution in [-0.4, -0.2) is 36.9 Å². The Labute approximate surface area is 69.2 Å². The van der Waals surface area contributed by atoms with Crippen molar-refractivity contribution in [2.45, 2.75) is 32.9 Å². The Kier molecular flexibility index (Phi) is 6.51. The first-order chi connectivity index (χ1) is 5.16. The molecule has 3 nitrogen and oxygen atoms in total. The predicted molar refractivity (Wildman–Crippen MR) is 47.7 cm³/mol. The van der Waals surface area contributed by atoms with Crippen LogP contribution in [-0.2, 0) is 0 Å². The van der Waals surface area contributed by atoms with Crippen molar-refractivity contribution in [3.63, 3.8) is 0 Å². The van der Waals surface area contributed by atoms with Gasteiger partial charge in [-0.1, -0.05) is 13.8 Å². The lowest BCUT2D eigenvalue weighted by atomic mass is 10.3. The van der Waals surface area contributed by atoms with Gasteiger partial charge in [0, 0.05) is 25.2 Å². The highest BCUT2D eigenvalue weighted by Gasteiger charge is 1.96. The molecule has 0 saturated heterocycles. The van der Waals surface area contributed by atoms with Crippen LogP contribution in [0.15, 0.2) is 0 Å². The maximum atomic E-state index is 8.66. The number of aliphatic hydroxyl groups is 1. The zero-order valence-electron chi connectivity index (χ0n) is 7.72. The van der Waals surface area contributed by atoms with E-state index < -0.39 is 0 Å². The highest BCUT2D eigenvalue weighted by Crippen LogP contribution is 1.77. The topological polar surface area (TPSA) is 44.3 Å². The molecule has 0 radical (unpaired) electrons. The van der Waals surface area contributed by atoms with E-state index in [4.69, 9.17) is 5.11 Å². The molecule has 0 aromatic carbocycles. The molecule has 0 aromatic heterocycles. The molecule has 0 aliphatic carbocycles. The molecule has 0 spiro atoms. The minimum Gasteiger partial charge on any atom is -0.395 e. The van der Waals surface area contributed by atoms with Gasteiger partial charge in [0.25, 0.3) is 0 Å². The molecule has 0 fully saturated rings. The van der Waals surface area contributed by atoms with E-state index in [1.54, 1.807) is 0 Å². The first-order valence-corrected chi connectivity index (χ1v) is 4.24. The molecule has 3 heteroatoms. The SMILES string of the molecule is CC(C)NCCN[C@@H](C)CO. The summed E-state index contributed by atoms with van der Waals surface area (Å²) in [5.74, 6) is 0. The molecule has 0 amide bonds. The van der Waals surface area contributed by atoms with Crippen molar-refractivity contribution < 1.29 is 5.11 Å². The highest BCUT2D eigenvalue weighted by atomic mass is 16.3. The largest absolute Gasteiger partial charge is 0.395 e. The van der Waals surface area contributed by atoms with E-state index in [-0.39, 0.29) is 12.6 Å². The number of nitrogens with one attached hydrogen (secondary N) is 2. The third kappa shape index (κ3) is 7.78. The standard InChI is InChI=1S/C8H20N2O/c1-7(2)9-4-5-10-8(3)6-11/h7-11H,4-6H2,1-3H3/t8-/m0/s1. The first-order valence-electron chi connectivity index (χ1n) is 4.24. The van der Waals surface area contributed by atoms with Gasteiger partial charge in [-0.2, -0.15) is 0 Å². The van der Waals surface area contributed by atoms with E-state index in [0.717, 1.165) is 13.1 Å².